The summed E-state index contributed by atoms with van der Waals surface area (Å²) >= 11 is 0. The number of halogens is 1. The predicted molar refractivity (Wildman–Crippen MR) is 148 cm³/mol. The number of likely N-dealkylation sites (tertiary alicyclic amines) is 2. The molecule has 0 atom stereocenters. The van der Waals surface area contributed by atoms with Crippen molar-refractivity contribution in [3.05, 3.63) is 76.9 Å². The zero-order valence-corrected chi connectivity index (χ0v) is 21.9. The highest BCUT2D eigenvalue weighted by molar-refractivity contribution is 14.0. The van der Waals surface area contributed by atoms with Gasteiger partial charge in [0.25, 0.3) is 0 Å². The first-order valence-electron chi connectivity index (χ1n) is 11.9. The van der Waals surface area contributed by atoms with Crippen LogP contribution in [0.3, 0.4) is 0 Å². The van der Waals surface area contributed by atoms with Crippen molar-refractivity contribution in [2.24, 2.45) is 4.99 Å². The van der Waals surface area contributed by atoms with E-state index in [4.69, 9.17) is 0 Å². The van der Waals surface area contributed by atoms with Gasteiger partial charge >= 0.3 is 0 Å². The van der Waals surface area contributed by atoms with E-state index in [1.807, 2.05) is 7.05 Å². The molecule has 5 nitrogen and oxygen atoms in total. The molecule has 2 heterocycles. The smallest absolute Gasteiger partial charge is 0.193 e. The molecule has 0 bridgehead atoms. The molecule has 0 saturated carbocycles. The molecule has 0 aliphatic carbocycles. The Kier molecular flexibility index (Phi) is 10.2. The van der Waals surface area contributed by atoms with Crippen LogP contribution >= 0.6 is 24.0 Å². The Morgan fingerprint density at radius 3 is 2.24 bits per heavy atom. The number of rotatable bonds is 5. The Bertz CT molecular complexity index is 895. The Balaban J connectivity index is 0.00000306. The van der Waals surface area contributed by atoms with Gasteiger partial charge in [0, 0.05) is 46.3 Å². The molecule has 0 unspecified atom stereocenters. The Labute approximate surface area is 215 Å². The number of piperidine rings is 2. The van der Waals surface area contributed by atoms with Crippen molar-refractivity contribution in [3.63, 3.8) is 0 Å². The highest BCUT2D eigenvalue weighted by Crippen LogP contribution is 2.20. The van der Waals surface area contributed by atoms with E-state index in [-0.39, 0.29) is 30.1 Å². The van der Waals surface area contributed by atoms with Crippen LogP contribution in [0.5, 0.6) is 0 Å². The van der Waals surface area contributed by atoms with Crippen LogP contribution in [0.4, 0.5) is 0 Å². The molecule has 2 aromatic carbocycles. The monoisotopic (exact) mass is 560 g/mol. The molecule has 4 rings (SSSR count). The minimum atomic E-state index is -0.111. The molecule has 2 saturated heterocycles. The zero-order valence-electron chi connectivity index (χ0n) is 19.6. The molecule has 2 fully saturated rings. The van der Waals surface area contributed by atoms with Gasteiger partial charge in [0.15, 0.2) is 5.96 Å². The Hall–Kier alpha value is -1.90. The van der Waals surface area contributed by atoms with Crippen molar-refractivity contribution in [2.75, 3.05) is 33.2 Å². The van der Waals surface area contributed by atoms with Crippen molar-refractivity contribution < 1.29 is 5.11 Å². The van der Waals surface area contributed by atoms with Gasteiger partial charge in [-0.3, -0.25) is 9.89 Å². The van der Waals surface area contributed by atoms with E-state index in [9.17, 15) is 5.11 Å². The number of aliphatic hydroxyl groups is 1. The summed E-state index contributed by atoms with van der Waals surface area (Å²) in [4.78, 5) is 9.31. The fourth-order valence-electron chi connectivity index (χ4n) is 4.55. The molecule has 2 aliphatic heterocycles. The molecular formula is C27H37IN4O. The molecule has 6 heteroatoms. The largest absolute Gasteiger partial charge is 0.393 e. The van der Waals surface area contributed by atoms with E-state index in [1.165, 1.54) is 22.3 Å². The van der Waals surface area contributed by atoms with Crippen LogP contribution in [0.25, 0.3) is 6.08 Å². The van der Waals surface area contributed by atoms with E-state index >= 15 is 0 Å². The second-order valence-electron chi connectivity index (χ2n) is 8.92. The molecule has 2 aromatic rings. The Morgan fingerprint density at radius 2 is 1.61 bits per heavy atom. The van der Waals surface area contributed by atoms with E-state index in [2.05, 4.69) is 80.8 Å². The van der Waals surface area contributed by atoms with Crippen LogP contribution in [-0.4, -0.2) is 60.2 Å². The lowest BCUT2D eigenvalue weighted by Gasteiger charge is -2.31. The molecule has 0 amide bonds. The van der Waals surface area contributed by atoms with Crippen LogP contribution in [0.1, 0.15) is 42.4 Å². The average molecular weight is 561 g/mol. The summed E-state index contributed by atoms with van der Waals surface area (Å²) in [5.74, 6) is 0.986. The van der Waals surface area contributed by atoms with Gasteiger partial charge in [0.05, 0.1) is 6.10 Å². The van der Waals surface area contributed by atoms with Crippen LogP contribution < -0.4 is 5.32 Å². The number of hydrogen-bond donors (Lipinski definition) is 2. The number of benzene rings is 2. The van der Waals surface area contributed by atoms with Crippen LogP contribution in [0, 0.1) is 0 Å². The molecular weight excluding hydrogens is 523 g/mol. The fourth-order valence-corrected chi connectivity index (χ4v) is 4.55. The van der Waals surface area contributed by atoms with Crippen molar-refractivity contribution in [1.29, 1.82) is 0 Å². The SMILES string of the molecule is CN=C(NCc1ccc(CN2CCC(O)CC2)cc1)N1CCC(=Cc2ccccc2)CC1.I. The van der Waals surface area contributed by atoms with Gasteiger partial charge in [0.1, 0.15) is 0 Å². The maximum atomic E-state index is 9.67. The van der Waals surface area contributed by atoms with Crippen LogP contribution in [0.15, 0.2) is 65.2 Å². The van der Waals surface area contributed by atoms with Gasteiger partial charge in [-0.1, -0.05) is 66.2 Å². The summed E-state index contributed by atoms with van der Waals surface area (Å²) in [5, 5.41) is 13.2. The first-order valence-corrected chi connectivity index (χ1v) is 11.9. The van der Waals surface area contributed by atoms with Gasteiger partial charge < -0.3 is 15.3 Å². The molecule has 0 spiro atoms. The number of aliphatic imine (C=N–C) groups is 1. The molecule has 2 N–H and O–H groups in total. The third kappa shape index (κ3) is 7.83. The van der Waals surface area contributed by atoms with Crippen LogP contribution in [0.2, 0.25) is 0 Å². The summed E-state index contributed by atoms with van der Waals surface area (Å²) in [6.07, 6.45) is 6.17. The van der Waals surface area contributed by atoms with Gasteiger partial charge in [-0.05, 0) is 42.4 Å². The summed E-state index contributed by atoms with van der Waals surface area (Å²) in [7, 11) is 1.87. The second kappa shape index (κ2) is 13.1. The summed E-state index contributed by atoms with van der Waals surface area (Å²) in [5.41, 5.74) is 5.41. The second-order valence-corrected chi connectivity index (χ2v) is 8.92. The number of aliphatic hydroxyl groups excluding tert-OH is 1. The highest BCUT2D eigenvalue weighted by Gasteiger charge is 2.18. The molecule has 33 heavy (non-hydrogen) atoms. The lowest BCUT2D eigenvalue weighted by Crippen LogP contribution is -2.44. The van der Waals surface area contributed by atoms with Gasteiger partial charge in [-0.25, -0.2) is 0 Å². The summed E-state index contributed by atoms with van der Waals surface area (Å²) < 4.78 is 0. The maximum Gasteiger partial charge on any atom is 0.193 e. The van der Waals surface area contributed by atoms with E-state index < -0.39 is 0 Å². The topological polar surface area (TPSA) is 51.1 Å². The fraction of sp³-hybridized carbons (Fsp3) is 0.444. The Morgan fingerprint density at radius 1 is 0.970 bits per heavy atom. The third-order valence-corrected chi connectivity index (χ3v) is 6.52. The zero-order chi connectivity index (χ0) is 22.2. The molecule has 2 aliphatic rings. The number of hydrogen-bond acceptors (Lipinski definition) is 3. The number of nitrogens with one attached hydrogen (secondary N) is 1. The summed E-state index contributed by atoms with van der Waals surface area (Å²) in [6.45, 7) is 5.72. The van der Waals surface area contributed by atoms with Crippen LogP contribution in [-0.2, 0) is 13.1 Å². The summed E-state index contributed by atoms with van der Waals surface area (Å²) in [6, 6.07) is 19.5. The van der Waals surface area contributed by atoms with Crippen molar-refractivity contribution >= 4 is 36.0 Å². The van der Waals surface area contributed by atoms with Crippen molar-refractivity contribution in [1.82, 2.24) is 15.1 Å². The van der Waals surface area contributed by atoms with Crippen molar-refractivity contribution in [2.45, 2.75) is 44.9 Å². The lowest BCUT2D eigenvalue weighted by molar-refractivity contribution is 0.0792. The standard InChI is InChI=1S/C27H36N4O.HI/c1-28-27(31-17-11-23(12-18-31)19-22-5-3-2-4-6-22)29-20-24-7-9-25(10-8-24)21-30-15-13-26(32)14-16-30;/h2-10,19,26,32H,11-18,20-21H2,1H3,(H,28,29);1H. The number of nitrogens with zero attached hydrogens (tertiary/aromatic N) is 3. The average Bonchev–Trinajstić information content (AvgIpc) is 2.84. The quantitative estimate of drug-likeness (QED) is 0.321. The van der Waals surface area contributed by atoms with Gasteiger partial charge in [-0.2, -0.15) is 0 Å². The minimum absolute atomic E-state index is 0. The molecule has 0 aromatic heterocycles. The first-order chi connectivity index (χ1) is 15.7. The molecule has 178 valence electrons. The van der Waals surface area contributed by atoms with E-state index in [0.717, 1.165) is 70.9 Å². The first kappa shape index (κ1) is 25.7. The molecule has 0 radical (unpaired) electrons. The predicted octanol–water partition coefficient (Wildman–Crippen LogP) is 4.52. The van der Waals surface area contributed by atoms with Gasteiger partial charge in [-0.15, -0.1) is 24.0 Å². The number of guanidine groups is 1. The van der Waals surface area contributed by atoms with Gasteiger partial charge in [0.2, 0.25) is 0 Å². The van der Waals surface area contributed by atoms with E-state index in [0.29, 0.717) is 0 Å². The third-order valence-electron chi connectivity index (χ3n) is 6.52. The van der Waals surface area contributed by atoms with E-state index in [1.54, 1.807) is 0 Å². The highest BCUT2D eigenvalue weighted by atomic mass is 127. The van der Waals surface area contributed by atoms with Crippen molar-refractivity contribution in [3.8, 4) is 0 Å². The lowest BCUT2D eigenvalue weighted by atomic mass is 10.0. The minimum Gasteiger partial charge on any atom is -0.393 e. The maximum absolute atomic E-state index is 9.67. The normalized spacial score (nSPS) is 18.1.